The third-order valence-electron chi connectivity index (χ3n) is 4.66. The molecule has 0 fully saturated rings. The van der Waals surface area contributed by atoms with E-state index in [9.17, 15) is 9.18 Å². The zero-order valence-corrected chi connectivity index (χ0v) is 15.5. The summed E-state index contributed by atoms with van der Waals surface area (Å²) >= 11 is 6.44. The molecule has 0 radical (unpaired) electrons. The minimum absolute atomic E-state index is 0.115. The molecule has 0 amide bonds. The maximum atomic E-state index is 14.3. The van der Waals surface area contributed by atoms with Crippen molar-refractivity contribution in [2.75, 3.05) is 14.2 Å². The van der Waals surface area contributed by atoms with Crippen LogP contribution in [0.4, 0.5) is 4.39 Å². The summed E-state index contributed by atoms with van der Waals surface area (Å²) in [6.07, 6.45) is 4.48. The van der Waals surface area contributed by atoms with E-state index >= 15 is 0 Å². The van der Waals surface area contributed by atoms with Gasteiger partial charge in [-0.3, -0.25) is 4.99 Å². The van der Waals surface area contributed by atoms with E-state index in [1.54, 1.807) is 25.3 Å². The second-order valence-electron chi connectivity index (χ2n) is 6.00. The van der Waals surface area contributed by atoms with E-state index in [-0.39, 0.29) is 16.5 Å². The van der Waals surface area contributed by atoms with Gasteiger partial charge in [-0.1, -0.05) is 29.8 Å². The number of carbonyl (C=O) groups is 1. The van der Waals surface area contributed by atoms with Crippen LogP contribution in [0, 0.1) is 5.82 Å². The number of amidine groups is 1. The van der Waals surface area contributed by atoms with Gasteiger partial charge in [0.25, 0.3) is 0 Å². The van der Waals surface area contributed by atoms with Gasteiger partial charge in [0.1, 0.15) is 22.1 Å². The minimum atomic E-state index is -1.10. The molecule has 1 aliphatic carbocycles. The van der Waals surface area contributed by atoms with Crippen molar-refractivity contribution in [2.24, 2.45) is 9.98 Å². The fourth-order valence-electron chi connectivity index (χ4n) is 3.54. The zero-order chi connectivity index (χ0) is 18.9. The Kier molecular flexibility index (Phi) is 4.96. The van der Waals surface area contributed by atoms with Crippen molar-refractivity contribution in [2.45, 2.75) is 25.3 Å². The van der Waals surface area contributed by atoms with Crippen LogP contribution in [0.25, 0.3) is 0 Å². The smallest absolute Gasteiger partial charge is 0.339 e. The summed E-state index contributed by atoms with van der Waals surface area (Å²) in [4.78, 5) is 21.5. The summed E-state index contributed by atoms with van der Waals surface area (Å²) in [7, 11) is 2.93. The van der Waals surface area contributed by atoms with Gasteiger partial charge in [0, 0.05) is 7.05 Å². The average molecular weight is 376 g/mol. The molecule has 1 aromatic carbocycles. The Morgan fingerprint density at radius 2 is 2.27 bits per heavy atom. The first-order valence-electron chi connectivity index (χ1n) is 8.21. The summed E-state index contributed by atoms with van der Waals surface area (Å²) in [5.74, 6) is -0.475. The minimum Gasteiger partial charge on any atom is -0.465 e. The van der Waals surface area contributed by atoms with Gasteiger partial charge in [0.2, 0.25) is 0 Å². The highest BCUT2D eigenvalue weighted by Gasteiger charge is 2.50. The molecule has 1 spiro atoms. The number of carbonyl (C=O) groups excluding carboxylic acids is 1. The lowest BCUT2D eigenvalue weighted by molar-refractivity contribution is -0.137. The number of hydrogen-bond acceptors (Lipinski definition) is 5. The highest BCUT2D eigenvalue weighted by molar-refractivity contribution is 6.48. The Bertz CT molecular complexity index is 889. The number of nitrogens with zero attached hydrogens (tertiary/aromatic N) is 2. The van der Waals surface area contributed by atoms with E-state index in [0.29, 0.717) is 35.5 Å². The van der Waals surface area contributed by atoms with Crippen LogP contribution in [0.15, 0.2) is 51.1 Å². The van der Waals surface area contributed by atoms with E-state index in [1.807, 2.05) is 13.0 Å². The van der Waals surface area contributed by atoms with E-state index in [4.69, 9.17) is 21.3 Å². The Labute approximate surface area is 156 Å². The maximum Gasteiger partial charge on any atom is 0.339 e. The first-order chi connectivity index (χ1) is 12.5. The van der Waals surface area contributed by atoms with Gasteiger partial charge in [-0.2, -0.15) is 0 Å². The third-order valence-corrected chi connectivity index (χ3v) is 4.95. The Morgan fingerprint density at radius 3 is 2.92 bits per heavy atom. The summed E-state index contributed by atoms with van der Waals surface area (Å²) in [5.41, 5.74) is 0.847. The monoisotopic (exact) mass is 375 g/mol. The van der Waals surface area contributed by atoms with E-state index in [2.05, 4.69) is 10.3 Å². The highest BCUT2D eigenvalue weighted by Crippen LogP contribution is 2.49. The van der Waals surface area contributed by atoms with Gasteiger partial charge in [-0.15, -0.1) is 0 Å². The second kappa shape index (κ2) is 7.03. The predicted molar refractivity (Wildman–Crippen MR) is 100 cm³/mol. The molecule has 1 atom stereocenters. The number of halogens is 2. The molecule has 1 N–H and O–H groups in total. The van der Waals surface area contributed by atoms with Crippen LogP contribution in [-0.2, 0) is 21.5 Å². The van der Waals surface area contributed by atoms with E-state index in [1.165, 1.54) is 13.2 Å². The lowest BCUT2D eigenvalue weighted by Crippen LogP contribution is -2.43. The molecule has 1 heterocycles. The maximum absolute atomic E-state index is 14.3. The van der Waals surface area contributed by atoms with Gasteiger partial charge in [-0.05, 0) is 43.0 Å². The van der Waals surface area contributed by atoms with Crippen LogP contribution >= 0.6 is 11.6 Å². The molecule has 0 bridgehead atoms. The van der Waals surface area contributed by atoms with Crippen molar-refractivity contribution >= 4 is 29.1 Å². The molecule has 0 saturated heterocycles. The van der Waals surface area contributed by atoms with Crippen molar-refractivity contribution in [1.29, 1.82) is 0 Å². The Balaban J connectivity index is 2.27. The zero-order valence-electron chi connectivity index (χ0n) is 14.8. The number of nitrogens with one attached hydrogen (secondary N) is 1. The molecule has 3 rings (SSSR count). The highest BCUT2D eigenvalue weighted by atomic mass is 35.5. The third kappa shape index (κ3) is 2.74. The van der Waals surface area contributed by atoms with Crippen molar-refractivity contribution in [3.8, 4) is 0 Å². The molecule has 26 heavy (non-hydrogen) atoms. The van der Waals surface area contributed by atoms with Crippen LogP contribution in [0.3, 0.4) is 0 Å². The molecule has 0 aromatic heterocycles. The molecular formula is C19H19ClFN3O2. The SMILES string of the molecule is C/C=C\C(=NC)C1=NC2(CCc3c(F)cccc32)C(C(=O)OC)=C(Cl)N1. The van der Waals surface area contributed by atoms with E-state index < -0.39 is 11.5 Å². The van der Waals surface area contributed by atoms with Crippen LogP contribution in [0.1, 0.15) is 24.5 Å². The van der Waals surface area contributed by atoms with Crippen molar-refractivity contribution in [1.82, 2.24) is 5.32 Å². The number of rotatable bonds is 3. The largest absolute Gasteiger partial charge is 0.465 e. The van der Waals surface area contributed by atoms with Crippen LogP contribution in [0.5, 0.6) is 0 Å². The molecule has 1 aromatic rings. The molecule has 136 valence electrons. The van der Waals surface area contributed by atoms with Gasteiger partial charge in [0.05, 0.1) is 12.8 Å². The Hall–Kier alpha value is -2.47. The first kappa shape index (κ1) is 18.3. The van der Waals surface area contributed by atoms with Gasteiger partial charge in [-0.25, -0.2) is 14.2 Å². The van der Waals surface area contributed by atoms with Gasteiger partial charge < -0.3 is 10.1 Å². The number of benzene rings is 1. The topological polar surface area (TPSA) is 63.0 Å². The van der Waals surface area contributed by atoms with Gasteiger partial charge >= 0.3 is 5.97 Å². The number of allylic oxidation sites excluding steroid dienone is 1. The fraction of sp³-hybridized carbons (Fsp3) is 0.316. The predicted octanol–water partition coefficient (Wildman–Crippen LogP) is 3.24. The number of fused-ring (bicyclic) bond motifs is 2. The summed E-state index contributed by atoms with van der Waals surface area (Å²) < 4.78 is 19.2. The summed E-state index contributed by atoms with van der Waals surface area (Å²) in [5, 5.41) is 3.05. The molecule has 7 heteroatoms. The van der Waals surface area contributed by atoms with Crippen molar-refractivity contribution in [3.05, 3.63) is 58.0 Å². The Morgan fingerprint density at radius 1 is 1.50 bits per heavy atom. The molecular weight excluding hydrogens is 357 g/mol. The molecule has 2 aliphatic rings. The molecule has 1 aliphatic heterocycles. The molecule has 1 unspecified atom stereocenters. The summed E-state index contributed by atoms with van der Waals surface area (Å²) in [6.45, 7) is 1.86. The number of ether oxygens (including phenoxy) is 1. The normalized spacial score (nSPS) is 22.5. The van der Waals surface area contributed by atoms with E-state index in [0.717, 1.165) is 0 Å². The average Bonchev–Trinajstić information content (AvgIpc) is 2.99. The molecule has 5 nitrogen and oxygen atoms in total. The van der Waals surface area contributed by atoms with Crippen molar-refractivity contribution < 1.29 is 13.9 Å². The number of hydrogen-bond donors (Lipinski definition) is 1. The lowest BCUT2D eigenvalue weighted by atomic mass is 9.83. The second-order valence-corrected chi connectivity index (χ2v) is 6.38. The van der Waals surface area contributed by atoms with Crippen LogP contribution in [-0.4, -0.2) is 31.7 Å². The fourth-order valence-corrected chi connectivity index (χ4v) is 3.86. The molecule has 0 saturated carbocycles. The summed E-state index contributed by atoms with van der Waals surface area (Å²) in [6, 6.07) is 4.80. The standard InChI is InChI=1S/C19H19ClFN3O2/c1-4-6-14(22-2)17-23-16(20)15(18(25)26-3)19(24-17)10-9-11-12(19)7-5-8-13(11)21/h4-8H,9-10H2,1-3H3,(H,23,24)/b6-4-,22-14?. The van der Waals surface area contributed by atoms with Gasteiger partial charge in [0.15, 0.2) is 5.84 Å². The van der Waals surface area contributed by atoms with Crippen molar-refractivity contribution in [3.63, 3.8) is 0 Å². The van der Waals surface area contributed by atoms with Crippen LogP contribution in [0.2, 0.25) is 0 Å². The van der Waals surface area contributed by atoms with Crippen LogP contribution < -0.4 is 5.32 Å². The lowest BCUT2D eigenvalue weighted by Gasteiger charge is -2.33. The number of methoxy groups -OCH3 is 1. The number of esters is 1. The first-order valence-corrected chi connectivity index (χ1v) is 8.59. The number of aliphatic imine (C=N–C) groups is 2. The quantitative estimate of drug-likeness (QED) is 0.501.